The zero-order valence-electron chi connectivity index (χ0n) is 12.0. The first kappa shape index (κ1) is 14.7. The van der Waals surface area contributed by atoms with Gasteiger partial charge in [-0.3, -0.25) is 9.59 Å². The van der Waals surface area contributed by atoms with Gasteiger partial charge in [-0.25, -0.2) is 0 Å². The van der Waals surface area contributed by atoms with Gasteiger partial charge < -0.3 is 14.6 Å². The molecule has 0 radical (unpaired) electrons. The van der Waals surface area contributed by atoms with Crippen LogP contribution in [0.1, 0.15) is 22.7 Å². The van der Waals surface area contributed by atoms with E-state index in [-0.39, 0.29) is 17.6 Å². The largest absolute Gasteiger partial charge is 0.456 e. The SMILES string of the molecule is Cc1ccc(C(=O)N[C@H]2CCN(c3ccccc3Cl)C2=O)o1. The lowest BCUT2D eigenvalue weighted by molar-refractivity contribution is -0.118. The Balaban J connectivity index is 1.72. The predicted octanol–water partition coefficient (Wildman–Crippen LogP) is 2.78. The van der Waals surface area contributed by atoms with Crippen LogP contribution in [0.4, 0.5) is 5.69 Å². The van der Waals surface area contributed by atoms with E-state index < -0.39 is 6.04 Å². The van der Waals surface area contributed by atoms with Crippen molar-refractivity contribution in [2.24, 2.45) is 0 Å². The average molecular weight is 319 g/mol. The molecule has 0 unspecified atom stereocenters. The third kappa shape index (κ3) is 2.72. The van der Waals surface area contributed by atoms with E-state index in [1.807, 2.05) is 12.1 Å². The molecule has 1 N–H and O–H groups in total. The number of anilines is 1. The molecule has 0 spiro atoms. The summed E-state index contributed by atoms with van der Waals surface area (Å²) in [5, 5.41) is 3.23. The summed E-state index contributed by atoms with van der Waals surface area (Å²) in [4.78, 5) is 26.1. The standard InChI is InChI=1S/C16H15ClN2O3/c1-10-6-7-14(22-10)15(20)18-12-8-9-19(16(12)21)13-5-3-2-4-11(13)17/h2-7,12H,8-9H2,1H3,(H,18,20)/t12-/m0/s1. The Hall–Kier alpha value is -2.27. The van der Waals surface area contributed by atoms with E-state index in [9.17, 15) is 9.59 Å². The van der Waals surface area contributed by atoms with Crippen molar-refractivity contribution in [3.05, 3.63) is 52.9 Å². The summed E-state index contributed by atoms with van der Waals surface area (Å²) in [5.74, 6) is 0.319. The molecule has 114 valence electrons. The minimum absolute atomic E-state index is 0.162. The number of furan rings is 1. The van der Waals surface area contributed by atoms with Gasteiger partial charge in [-0.2, -0.15) is 0 Å². The van der Waals surface area contributed by atoms with Gasteiger partial charge >= 0.3 is 0 Å². The Morgan fingerprint density at radius 1 is 1.32 bits per heavy atom. The monoisotopic (exact) mass is 318 g/mol. The third-order valence-electron chi connectivity index (χ3n) is 3.62. The van der Waals surface area contributed by atoms with Gasteiger partial charge in [0.05, 0.1) is 10.7 Å². The molecule has 22 heavy (non-hydrogen) atoms. The zero-order valence-corrected chi connectivity index (χ0v) is 12.8. The molecule has 1 aliphatic heterocycles. The molecule has 1 atom stereocenters. The number of hydrogen-bond donors (Lipinski definition) is 1. The highest BCUT2D eigenvalue weighted by Crippen LogP contribution is 2.29. The van der Waals surface area contributed by atoms with Gasteiger partial charge in [0.15, 0.2) is 5.76 Å². The van der Waals surface area contributed by atoms with Gasteiger partial charge in [-0.1, -0.05) is 23.7 Å². The fraction of sp³-hybridized carbons (Fsp3) is 0.250. The molecule has 2 amide bonds. The summed E-state index contributed by atoms with van der Waals surface area (Å²) >= 11 is 6.13. The Morgan fingerprint density at radius 2 is 2.09 bits per heavy atom. The van der Waals surface area contributed by atoms with Crippen molar-refractivity contribution in [1.29, 1.82) is 0 Å². The molecule has 1 fully saturated rings. The number of rotatable bonds is 3. The van der Waals surface area contributed by atoms with Gasteiger partial charge in [-0.05, 0) is 37.6 Å². The molecular weight excluding hydrogens is 304 g/mol. The molecule has 0 aliphatic carbocycles. The molecule has 3 rings (SSSR count). The van der Waals surface area contributed by atoms with E-state index in [2.05, 4.69) is 5.32 Å². The lowest BCUT2D eigenvalue weighted by Gasteiger charge is -2.18. The summed E-state index contributed by atoms with van der Waals surface area (Å²) in [6.07, 6.45) is 0.537. The fourth-order valence-corrected chi connectivity index (χ4v) is 2.75. The molecule has 0 bridgehead atoms. The van der Waals surface area contributed by atoms with Gasteiger partial charge in [0, 0.05) is 6.54 Å². The number of carbonyl (C=O) groups is 2. The van der Waals surface area contributed by atoms with Crippen LogP contribution >= 0.6 is 11.6 Å². The second kappa shape index (κ2) is 5.85. The van der Waals surface area contributed by atoms with Crippen LogP contribution < -0.4 is 10.2 Å². The number of halogens is 1. The molecule has 2 heterocycles. The molecule has 1 aromatic carbocycles. The van der Waals surface area contributed by atoms with Gasteiger partial charge in [0.25, 0.3) is 5.91 Å². The van der Waals surface area contributed by atoms with Crippen molar-refractivity contribution in [2.75, 3.05) is 11.4 Å². The predicted molar refractivity (Wildman–Crippen MR) is 83.1 cm³/mol. The van der Waals surface area contributed by atoms with Crippen LogP contribution in [-0.4, -0.2) is 24.4 Å². The number of aryl methyl sites for hydroxylation is 1. The fourth-order valence-electron chi connectivity index (χ4n) is 2.51. The first-order valence-electron chi connectivity index (χ1n) is 6.99. The number of nitrogens with one attached hydrogen (secondary N) is 1. The molecule has 2 aromatic rings. The van der Waals surface area contributed by atoms with Crippen molar-refractivity contribution in [2.45, 2.75) is 19.4 Å². The minimum Gasteiger partial charge on any atom is -0.456 e. The normalized spacial score (nSPS) is 17.8. The molecule has 1 aromatic heterocycles. The maximum atomic E-state index is 12.5. The van der Waals surface area contributed by atoms with Crippen molar-refractivity contribution in [3.63, 3.8) is 0 Å². The number of benzene rings is 1. The van der Waals surface area contributed by atoms with Crippen molar-refractivity contribution >= 4 is 29.1 Å². The number of carbonyl (C=O) groups excluding carboxylic acids is 2. The molecule has 1 saturated heterocycles. The summed E-state index contributed by atoms with van der Waals surface area (Å²) in [6, 6.07) is 9.91. The summed E-state index contributed by atoms with van der Waals surface area (Å²) in [7, 11) is 0. The summed E-state index contributed by atoms with van der Waals surface area (Å²) in [5.41, 5.74) is 0.666. The number of amides is 2. The van der Waals surface area contributed by atoms with Crippen LogP contribution in [0, 0.1) is 6.92 Å². The van der Waals surface area contributed by atoms with Crippen LogP contribution in [0.5, 0.6) is 0 Å². The Bertz CT molecular complexity index is 726. The minimum atomic E-state index is -0.561. The van der Waals surface area contributed by atoms with Crippen LogP contribution in [0.2, 0.25) is 5.02 Å². The summed E-state index contributed by atoms with van der Waals surface area (Å²) < 4.78 is 5.26. The smallest absolute Gasteiger partial charge is 0.287 e. The average Bonchev–Trinajstić information content (AvgIpc) is 3.07. The second-order valence-corrected chi connectivity index (χ2v) is 5.57. The van der Waals surface area contributed by atoms with Crippen LogP contribution in [0.15, 0.2) is 40.8 Å². The Kier molecular flexibility index (Phi) is 3.90. The molecular formula is C16H15ClN2O3. The molecule has 0 saturated carbocycles. The summed E-state index contributed by atoms with van der Waals surface area (Å²) in [6.45, 7) is 2.28. The molecule has 6 heteroatoms. The third-order valence-corrected chi connectivity index (χ3v) is 3.94. The maximum Gasteiger partial charge on any atom is 0.287 e. The van der Waals surface area contributed by atoms with Crippen LogP contribution in [0.3, 0.4) is 0 Å². The van der Waals surface area contributed by atoms with Crippen molar-refractivity contribution in [1.82, 2.24) is 5.32 Å². The quantitative estimate of drug-likeness (QED) is 0.946. The molecule has 5 nitrogen and oxygen atoms in total. The highest BCUT2D eigenvalue weighted by molar-refractivity contribution is 6.34. The van der Waals surface area contributed by atoms with E-state index in [4.69, 9.17) is 16.0 Å². The van der Waals surface area contributed by atoms with E-state index in [0.717, 1.165) is 0 Å². The van der Waals surface area contributed by atoms with Crippen LogP contribution in [0.25, 0.3) is 0 Å². The van der Waals surface area contributed by atoms with E-state index in [1.165, 1.54) is 0 Å². The van der Waals surface area contributed by atoms with E-state index >= 15 is 0 Å². The first-order chi connectivity index (χ1) is 10.6. The van der Waals surface area contributed by atoms with Gasteiger partial charge in [0.1, 0.15) is 11.8 Å². The number of para-hydroxylation sites is 1. The lowest BCUT2D eigenvalue weighted by atomic mass is 10.2. The Labute approximate surface area is 132 Å². The van der Waals surface area contributed by atoms with Gasteiger partial charge in [0.2, 0.25) is 5.91 Å². The zero-order chi connectivity index (χ0) is 15.7. The Morgan fingerprint density at radius 3 is 2.77 bits per heavy atom. The molecule has 1 aliphatic rings. The van der Waals surface area contributed by atoms with Crippen molar-refractivity contribution in [3.8, 4) is 0 Å². The highest BCUT2D eigenvalue weighted by atomic mass is 35.5. The number of nitrogens with zero attached hydrogens (tertiary/aromatic N) is 1. The van der Waals surface area contributed by atoms with Crippen molar-refractivity contribution < 1.29 is 14.0 Å². The maximum absolute atomic E-state index is 12.5. The lowest BCUT2D eigenvalue weighted by Crippen LogP contribution is -2.41. The highest BCUT2D eigenvalue weighted by Gasteiger charge is 2.34. The van der Waals surface area contributed by atoms with Gasteiger partial charge in [-0.15, -0.1) is 0 Å². The van der Waals surface area contributed by atoms with E-state index in [1.54, 1.807) is 36.1 Å². The van der Waals surface area contributed by atoms with E-state index in [0.29, 0.717) is 29.4 Å². The topological polar surface area (TPSA) is 62.6 Å². The second-order valence-electron chi connectivity index (χ2n) is 5.17. The number of hydrogen-bond acceptors (Lipinski definition) is 3. The first-order valence-corrected chi connectivity index (χ1v) is 7.37. The van der Waals surface area contributed by atoms with Crippen LogP contribution in [-0.2, 0) is 4.79 Å².